The Morgan fingerprint density at radius 2 is 1.96 bits per heavy atom. The van der Waals surface area contributed by atoms with Gasteiger partial charge in [-0.3, -0.25) is 14.6 Å². The van der Waals surface area contributed by atoms with Crippen LogP contribution in [0.2, 0.25) is 5.02 Å². The third-order valence-electron chi connectivity index (χ3n) is 5.43. The fourth-order valence-electron chi connectivity index (χ4n) is 3.79. The van der Waals surface area contributed by atoms with Crippen LogP contribution in [0.15, 0.2) is 48.8 Å². The van der Waals surface area contributed by atoms with Gasteiger partial charge in [-0.15, -0.1) is 0 Å². The quantitative estimate of drug-likeness (QED) is 0.682. The first-order valence-electron chi connectivity index (χ1n) is 9.29. The number of nitrogens with zero attached hydrogens (tertiary/aromatic N) is 3. The van der Waals surface area contributed by atoms with E-state index >= 15 is 0 Å². The summed E-state index contributed by atoms with van der Waals surface area (Å²) < 4.78 is 0. The highest BCUT2D eigenvalue weighted by atomic mass is 35.5. The lowest BCUT2D eigenvalue weighted by Crippen LogP contribution is -2.48. The Morgan fingerprint density at radius 3 is 2.74 bits per heavy atom. The second kappa shape index (κ2) is 7.80. The number of aromatic amines is 1. The van der Waals surface area contributed by atoms with Crippen molar-refractivity contribution >= 4 is 28.4 Å². The van der Waals surface area contributed by atoms with Gasteiger partial charge in [0.1, 0.15) is 5.65 Å². The number of carbonyl (C=O) groups is 1. The van der Waals surface area contributed by atoms with Crippen LogP contribution >= 0.6 is 11.6 Å². The molecule has 5 nitrogen and oxygen atoms in total. The smallest absolute Gasteiger partial charge is 0.179 e. The largest absolute Gasteiger partial charge is 0.345 e. The van der Waals surface area contributed by atoms with Crippen molar-refractivity contribution in [2.45, 2.75) is 13.0 Å². The second-order valence-electron chi connectivity index (χ2n) is 7.03. The average molecular weight is 383 g/mol. The third-order valence-corrected chi connectivity index (χ3v) is 5.77. The molecule has 0 saturated carbocycles. The van der Waals surface area contributed by atoms with Crippen molar-refractivity contribution in [2.24, 2.45) is 0 Å². The van der Waals surface area contributed by atoms with E-state index in [1.165, 1.54) is 0 Å². The van der Waals surface area contributed by atoms with Crippen molar-refractivity contribution in [3.05, 3.63) is 64.9 Å². The molecule has 3 heterocycles. The molecule has 140 valence electrons. The molecule has 3 aromatic rings. The maximum atomic E-state index is 12.7. The van der Waals surface area contributed by atoms with E-state index in [1.807, 2.05) is 30.3 Å². The Kier molecular flexibility index (Phi) is 5.25. The molecule has 1 aromatic carbocycles. The summed E-state index contributed by atoms with van der Waals surface area (Å²) in [5, 5.41) is 1.71. The Morgan fingerprint density at radius 1 is 1.19 bits per heavy atom. The number of nitrogens with one attached hydrogen (secondary N) is 1. The molecule has 1 atom stereocenters. The van der Waals surface area contributed by atoms with Gasteiger partial charge >= 0.3 is 0 Å². The number of hydrogen-bond donors (Lipinski definition) is 1. The van der Waals surface area contributed by atoms with E-state index in [2.05, 4.69) is 32.8 Å². The van der Waals surface area contributed by atoms with Crippen LogP contribution in [0.4, 0.5) is 0 Å². The normalized spacial score (nSPS) is 17.3. The number of halogens is 1. The zero-order chi connectivity index (χ0) is 18.8. The van der Waals surface area contributed by atoms with E-state index in [4.69, 9.17) is 11.6 Å². The lowest BCUT2D eigenvalue weighted by Gasteiger charge is -2.38. The Bertz CT molecular complexity index is 946. The number of aromatic nitrogens is 2. The highest BCUT2D eigenvalue weighted by Crippen LogP contribution is 2.27. The molecule has 0 spiro atoms. The standard InChI is InChI=1S/C21H23ClN4O/c1-15(16-5-2-3-7-19(16)22)26-11-9-25(10-12-26)14-20(27)18-13-24-21-17(18)6-4-8-23-21/h2-8,13,15H,9-12,14H2,1H3,(H,23,24). The van der Waals surface area contributed by atoms with E-state index in [0.29, 0.717) is 6.54 Å². The first kappa shape index (κ1) is 18.2. The molecular formula is C21H23ClN4O. The summed E-state index contributed by atoms with van der Waals surface area (Å²) in [5.41, 5.74) is 2.65. The van der Waals surface area contributed by atoms with Crippen LogP contribution < -0.4 is 0 Å². The van der Waals surface area contributed by atoms with Crippen molar-refractivity contribution in [3.8, 4) is 0 Å². The first-order valence-corrected chi connectivity index (χ1v) is 9.67. The summed E-state index contributed by atoms with van der Waals surface area (Å²) in [5.74, 6) is 0.141. The van der Waals surface area contributed by atoms with Crippen LogP contribution in [0.5, 0.6) is 0 Å². The lowest BCUT2D eigenvalue weighted by molar-refractivity contribution is 0.0790. The van der Waals surface area contributed by atoms with Gasteiger partial charge in [0.15, 0.2) is 5.78 Å². The SMILES string of the molecule is CC(c1ccccc1Cl)N1CCN(CC(=O)c2c[nH]c3ncccc23)CC1. The van der Waals surface area contributed by atoms with Crippen LogP contribution in [0.3, 0.4) is 0 Å². The molecule has 1 aliphatic rings. The second-order valence-corrected chi connectivity index (χ2v) is 7.44. The number of rotatable bonds is 5. The molecule has 4 rings (SSSR count). The Hall–Kier alpha value is -2.21. The number of benzene rings is 1. The maximum Gasteiger partial charge on any atom is 0.179 e. The van der Waals surface area contributed by atoms with Crippen LogP contribution in [0.25, 0.3) is 11.0 Å². The molecule has 2 aromatic heterocycles. The molecular weight excluding hydrogens is 360 g/mol. The zero-order valence-electron chi connectivity index (χ0n) is 15.4. The van der Waals surface area contributed by atoms with Crippen molar-refractivity contribution in [3.63, 3.8) is 0 Å². The van der Waals surface area contributed by atoms with Crippen molar-refractivity contribution in [2.75, 3.05) is 32.7 Å². The predicted octanol–water partition coefficient (Wildman–Crippen LogP) is 3.78. The number of hydrogen-bond acceptors (Lipinski definition) is 4. The fraction of sp³-hybridized carbons (Fsp3) is 0.333. The molecule has 1 fully saturated rings. The van der Waals surface area contributed by atoms with Gasteiger partial charge in [-0.25, -0.2) is 4.98 Å². The summed E-state index contributed by atoms with van der Waals surface area (Å²) in [6, 6.07) is 12.1. The molecule has 0 radical (unpaired) electrons. The van der Waals surface area contributed by atoms with E-state index in [0.717, 1.165) is 53.4 Å². The van der Waals surface area contributed by atoms with Gasteiger partial charge < -0.3 is 4.98 Å². The van der Waals surface area contributed by atoms with Crippen molar-refractivity contribution < 1.29 is 4.79 Å². The lowest BCUT2D eigenvalue weighted by atomic mass is 10.1. The van der Waals surface area contributed by atoms with Crippen LogP contribution in [-0.4, -0.2) is 58.3 Å². The maximum absolute atomic E-state index is 12.7. The minimum absolute atomic E-state index is 0.141. The predicted molar refractivity (Wildman–Crippen MR) is 108 cm³/mol. The molecule has 1 aliphatic heterocycles. The van der Waals surface area contributed by atoms with Crippen molar-refractivity contribution in [1.29, 1.82) is 0 Å². The minimum atomic E-state index is 0.141. The minimum Gasteiger partial charge on any atom is -0.345 e. The van der Waals surface area contributed by atoms with E-state index in [-0.39, 0.29) is 11.8 Å². The average Bonchev–Trinajstić information content (AvgIpc) is 3.13. The van der Waals surface area contributed by atoms with Gasteiger partial charge in [-0.2, -0.15) is 0 Å². The van der Waals surface area contributed by atoms with Crippen LogP contribution in [0.1, 0.15) is 28.9 Å². The van der Waals surface area contributed by atoms with Gasteiger partial charge in [0.05, 0.1) is 6.54 Å². The molecule has 0 bridgehead atoms. The topological polar surface area (TPSA) is 52.2 Å². The monoisotopic (exact) mass is 382 g/mol. The molecule has 0 aliphatic carbocycles. The highest BCUT2D eigenvalue weighted by Gasteiger charge is 2.25. The van der Waals surface area contributed by atoms with Gasteiger partial charge in [-0.05, 0) is 30.7 Å². The van der Waals surface area contributed by atoms with Crippen LogP contribution in [0, 0.1) is 0 Å². The van der Waals surface area contributed by atoms with E-state index in [9.17, 15) is 4.79 Å². The number of H-pyrrole nitrogens is 1. The van der Waals surface area contributed by atoms with Crippen LogP contribution in [-0.2, 0) is 0 Å². The van der Waals surface area contributed by atoms with Gasteiger partial charge in [0.25, 0.3) is 0 Å². The Labute approximate surface area is 163 Å². The first-order chi connectivity index (χ1) is 13.1. The fourth-order valence-corrected chi connectivity index (χ4v) is 4.09. The number of piperazine rings is 1. The highest BCUT2D eigenvalue weighted by molar-refractivity contribution is 6.31. The van der Waals surface area contributed by atoms with Crippen molar-refractivity contribution in [1.82, 2.24) is 19.8 Å². The number of Topliss-reactive ketones (excluding diaryl/α,β-unsaturated/α-hetero) is 1. The summed E-state index contributed by atoms with van der Waals surface area (Å²) in [6.45, 7) is 6.24. The number of ketones is 1. The number of pyridine rings is 1. The molecule has 0 amide bonds. The van der Waals surface area contributed by atoms with E-state index < -0.39 is 0 Å². The van der Waals surface area contributed by atoms with Gasteiger partial charge in [-0.1, -0.05) is 29.8 Å². The molecule has 1 saturated heterocycles. The zero-order valence-corrected chi connectivity index (χ0v) is 16.1. The van der Waals surface area contributed by atoms with Gasteiger partial charge in [0.2, 0.25) is 0 Å². The third kappa shape index (κ3) is 3.76. The summed E-state index contributed by atoms with van der Waals surface area (Å²) >= 11 is 6.35. The Balaban J connectivity index is 1.37. The number of carbonyl (C=O) groups excluding carboxylic acids is 1. The molecule has 1 N–H and O–H groups in total. The molecule has 1 unspecified atom stereocenters. The summed E-state index contributed by atoms with van der Waals surface area (Å²) in [4.78, 5) is 24.7. The van der Waals surface area contributed by atoms with E-state index in [1.54, 1.807) is 12.4 Å². The summed E-state index contributed by atoms with van der Waals surface area (Å²) in [6.07, 6.45) is 3.50. The molecule has 27 heavy (non-hydrogen) atoms. The van der Waals surface area contributed by atoms with Gasteiger partial charge in [0, 0.05) is 60.6 Å². The number of fused-ring (bicyclic) bond motifs is 1. The molecule has 6 heteroatoms. The summed E-state index contributed by atoms with van der Waals surface area (Å²) in [7, 11) is 0.